The predicted molar refractivity (Wildman–Crippen MR) is 50.8 cm³/mol. The van der Waals surface area contributed by atoms with Gasteiger partial charge in [-0.15, -0.1) is 0 Å². The van der Waals surface area contributed by atoms with E-state index in [1.54, 1.807) is 6.92 Å². The first-order valence-electron chi connectivity index (χ1n) is 4.34. The first-order valence-corrected chi connectivity index (χ1v) is 4.34. The molecule has 0 aliphatic heterocycles. The minimum absolute atomic E-state index is 0.180. The summed E-state index contributed by atoms with van der Waals surface area (Å²) in [4.78, 5) is 14.1. The molecule has 0 heterocycles. The van der Waals surface area contributed by atoms with Crippen LogP contribution in [0.1, 0.15) is 12.5 Å². The van der Waals surface area contributed by atoms with E-state index in [2.05, 4.69) is 9.53 Å². The van der Waals surface area contributed by atoms with E-state index >= 15 is 0 Å². The van der Waals surface area contributed by atoms with Gasteiger partial charge in [-0.2, -0.15) is 4.79 Å². The molecule has 4 nitrogen and oxygen atoms in total. The maximum atomic E-state index is 12.6. The van der Waals surface area contributed by atoms with E-state index < -0.39 is 11.8 Å². The van der Waals surface area contributed by atoms with Crippen molar-refractivity contribution in [2.75, 3.05) is 6.61 Å². The summed E-state index contributed by atoms with van der Waals surface area (Å²) in [5, 5.41) is 0. The van der Waals surface area contributed by atoms with Gasteiger partial charge in [-0.3, -0.25) is 0 Å². The third-order valence-electron chi connectivity index (χ3n) is 1.69. The SMILES string of the molecule is CCOC(=O)C(=[N+]=[N-])c1ccc(F)cc1. The van der Waals surface area contributed by atoms with Crippen LogP contribution in [0.3, 0.4) is 0 Å². The Morgan fingerprint density at radius 1 is 1.47 bits per heavy atom. The minimum Gasteiger partial charge on any atom is -0.457 e. The molecule has 0 atom stereocenters. The molecule has 0 aliphatic carbocycles. The number of hydrogen-bond donors (Lipinski definition) is 0. The van der Waals surface area contributed by atoms with Crippen LogP contribution < -0.4 is 0 Å². The van der Waals surface area contributed by atoms with Crippen molar-refractivity contribution >= 4 is 11.7 Å². The Bertz CT molecular complexity index is 408. The highest BCUT2D eigenvalue weighted by Gasteiger charge is 2.23. The van der Waals surface area contributed by atoms with Crippen molar-refractivity contribution in [1.82, 2.24) is 0 Å². The molecule has 0 unspecified atom stereocenters. The zero-order valence-corrected chi connectivity index (χ0v) is 8.11. The fraction of sp³-hybridized carbons (Fsp3) is 0.200. The molecule has 78 valence electrons. The standard InChI is InChI=1S/C10H9FN2O2/c1-2-15-10(14)9(13-12)7-3-5-8(11)6-4-7/h3-6H,2H2,1H3. The molecular formula is C10H9FN2O2. The molecule has 5 heteroatoms. The molecule has 0 amide bonds. The van der Waals surface area contributed by atoms with E-state index in [9.17, 15) is 9.18 Å². The highest BCUT2D eigenvalue weighted by atomic mass is 19.1. The summed E-state index contributed by atoms with van der Waals surface area (Å²) in [7, 11) is 0. The van der Waals surface area contributed by atoms with Crippen molar-refractivity contribution in [2.45, 2.75) is 6.92 Å². The molecule has 0 saturated heterocycles. The van der Waals surface area contributed by atoms with Gasteiger partial charge in [0.25, 0.3) is 0 Å². The third-order valence-corrected chi connectivity index (χ3v) is 1.69. The van der Waals surface area contributed by atoms with Crippen molar-refractivity contribution in [3.63, 3.8) is 0 Å². The Kier molecular flexibility index (Phi) is 3.71. The molecule has 0 aromatic heterocycles. The van der Waals surface area contributed by atoms with Gasteiger partial charge >= 0.3 is 11.7 Å². The van der Waals surface area contributed by atoms with Crippen molar-refractivity contribution < 1.29 is 18.7 Å². The number of nitrogens with zero attached hydrogens (tertiary/aromatic N) is 2. The van der Waals surface area contributed by atoms with Gasteiger partial charge in [-0.1, -0.05) is 0 Å². The lowest BCUT2D eigenvalue weighted by atomic mass is 10.1. The van der Waals surface area contributed by atoms with Crippen LogP contribution in [0.5, 0.6) is 0 Å². The summed E-state index contributed by atoms with van der Waals surface area (Å²) >= 11 is 0. The molecule has 0 fully saturated rings. The normalized spacial score (nSPS) is 9.20. The number of esters is 1. The molecule has 0 N–H and O–H groups in total. The van der Waals surface area contributed by atoms with Crippen molar-refractivity contribution in [1.29, 1.82) is 0 Å². The molecule has 0 bridgehead atoms. The monoisotopic (exact) mass is 208 g/mol. The Balaban J connectivity index is 2.99. The number of carbonyl (C=O) groups excluding carboxylic acids is 1. The molecule has 0 spiro atoms. The second-order valence-electron chi connectivity index (χ2n) is 2.68. The average Bonchev–Trinajstić information content (AvgIpc) is 2.22. The number of benzene rings is 1. The molecule has 0 saturated carbocycles. The van der Waals surface area contributed by atoms with Crippen LogP contribution in [-0.4, -0.2) is 23.1 Å². The van der Waals surface area contributed by atoms with Gasteiger partial charge in [-0.05, 0) is 31.2 Å². The first kappa shape index (κ1) is 11.1. The van der Waals surface area contributed by atoms with E-state index in [1.807, 2.05) is 0 Å². The summed E-state index contributed by atoms with van der Waals surface area (Å²) in [6, 6.07) is 5.00. The van der Waals surface area contributed by atoms with E-state index in [4.69, 9.17) is 5.53 Å². The van der Waals surface area contributed by atoms with E-state index in [-0.39, 0.29) is 12.3 Å². The largest absolute Gasteiger partial charge is 0.457 e. The maximum absolute atomic E-state index is 12.6. The minimum atomic E-state index is -0.744. The van der Waals surface area contributed by atoms with Gasteiger partial charge < -0.3 is 10.3 Å². The molecule has 1 aromatic rings. The summed E-state index contributed by atoms with van der Waals surface area (Å²) < 4.78 is 17.2. The van der Waals surface area contributed by atoms with Crippen LogP contribution in [-0.2, 0) is 9.53 Å². The zero-order valence-electron chi connectivity index (χ0n) is 8.11. The smallest absolute Gasteiger partial charge is 0.422 e. The lowest BCUT2D eigenvalue weighted by molar-refractivity contribution is -0.139. The highest BCUT2D eigenvalue weighted by molar-refractivity contribution is 6.40. The fourth-order valence-corrected chi connectivity index (χ4v) is 1.02. The second kappa shape index (κ2) is 5.02. The van der Waals surface area contributed by atoms with Gasteiger partial charge in [0, 0.05) is 0 Å². The second-order valence-corrected chi connectivity index (χ2v) is 2.68. The van der Waals surface area contributed by atoms with Crippen LogP contribution >= 0.6 is 0 Å². The van der Waals surface area contributed by atoms with Gasteiger partial charge in [0.2, 0.25) is 0 Å². The molecule has 1 aromatic carbocycles. The van der Waals surface area contributed by atoms with Crippen LogP contribution in [0.4, 0.5) is 4.39 Å². The predicted octanol–water partition coefficient (Wildman–Crippen LogP) is 1.41. The van der Waals surface area contributed by atoms with E-state index in [0.717, 1.165) is 0 Å². The van der Waals surface area contributed by atoms with Crippen molar-refractivity contribution in [3.8, 4) is 0 Å². The number of halogens is 1. The van der Waals surface area contributed by atoms with Crippen LogP contribution in [0.25, 0.3) is 5.53 Å². The summed E-state index contributed by atoms with van der Waals surface area (Å²) in [6.45, 7) is 1.82. The number of ether oxygens (including phenoxy) is 1. The lowest BCUT2D eigenvalue weighted by Gasteiger charge is -1.97. The van der Waals surface area contributed by atoms with Crippen LogP contribution in [0.2, 0.25) is 0 Å². The highest BCUT2D eigenvalue weighted by Crippen LogP contribution is 2.04. The number of rotatable bonds is 3. The Morgan fingerprint density at radius 2 is 2.07 bits per heavy atom. The average molecular weight is 208 g/mol. The maximum Gasteiger partial charge on any atom is 0.422 e. The Hall–Kier alpha value is -2.00. The fourth-order valence-electron chi connectivity index (χ4n) is 1.02. The molecule has 15 heavy (non-hydrogen) atoms. The Labute approximate surface area is 85.9 Å². The van der Waals surface area contributed by atoms with Gasteiger partial charge in [-0.25, -0.2) is 9.18 Å². The number of carbonyl (C=O) groups is 1. The topological polar surface area (TPSA) is 62.7 Å². The summed E-state index contributed by atoms with van der Waals surface area (Å²) in [6.07, 6.45) is 0. The zero-order chi connectivity index (χ0) is 11.3. The van der Waals surface area contributed by atoms with Crippen molar-refractivity contribution in [2.24, 2.45) is 0 Å². The molecular weight excluding hydrogens is 199 g/mol. The summed E-state index contributed by atoms with van der Waals surface area (Å²) in [5.74, 6) is -1.17. The van der Waals surface area contributed by atoms with Crippen molar-refractivity contribution in [3.05, 3.63) is 41.2 Å². The molecule has 0 radical (unpaired) electrons. The molecule has 1 rings (SSSR count). The van der Waals surface area contributed by atoms with E-state index in [0.29, 0.717) is 5.56 Å². The first-order chi connectivity index (χ1) is 7.19. The van der Waals surface area contributed by atoms with Gasteiger partial charge in [0.05, 0.1) is 12.2 Å². The molecule has 0 aliphatic rings. The van der Waals surface area contributed by atoms with Crippen LogP contribution in [0.15, 0.2) is 24.3 Å². The van der Waals surface area contributed by atoms with Crippen LogP contribution in [0, 0.1) is 5.82 Å². The summed E-state index contributed by atoms with van der Waals surface area (Å²) in [5.41, 5.74) is 8.70. The quantitative estimate of drug-likeness (QED) is 0.326. The number of hydrogen-bond acceptors (Lipinski definition) is 2. The Morgan fingerprint density at radius 3 is 2.53 bits per heavy atom. The van der Waals surface area contributed by atoms with Gasteiger partial charge in [0.15, 0.2) is 0 Å². The lowest BCUT2D eigenvalue weighted by Crippen LogP contribution is -2.19. The third kappa shape index (κ3) is 2.72. The van der Waals surface area contributed by atoms with Gasteiger partial charge in [0.1, 0.15) is 5.82 Å². The van der Waals surface area contributed by atoms with E-state index in [1.165, 1.54) is 24.3 Å².